The van der Waals surface area contributed by atoms with Crippen molar-refractivity contribution >= 4 is 27.5 Å². The van der Waals surface area contributed by atoms with Crippen LogP contribution in [0, 0.1) is 5.82 Å². The van der Waals surface area contributed by atoms with E-state index in [-0.39, 0.29) is 5.02 Å². The quantitative estimate of drug-likeness (QED) is 0.745. The van der Waals surface area contributed by atoms with Gasteiger partial charge in [0.25, 0.3) is 0 Å². The summed E-state index contributed by atoms with van der Waals surface area (Å²) in [6.07, 6.45) is 0. The summed E-state index contributed by atoms with van der Waals surface area (Å²) in [6, 6.07) is 10.5. The maximum Gasteiger partial charge on any atom is 0.145 e. The van der Waals surface area contributed by atoms with Crippen LogP contribution in [0.25, 0.3) is 0 Å². The van der Waals surface area contributed by atoms with Gasteiger partial charge in [0.2, 0.25) is 0 Å². The molecule has 0 bridgehead atoms. The molecule has 1 N–H and O–H groups in total. The van der Waals surface area contributed by atoms with Crippen LogP contribution in [0.5, 0.6) is 11.5 Å². The van der Waals surface area contributed by atoms with Gasteiger partial charge >= 0.3 is 0 Å². The largest absolute Gasteiger partial charge is 0.457 e. The molecule has 112 valence electrons. The number of halogens is 3. The molecule has 0 fully saturated rings. The molecule has 0 aliphatic heterocycles. The third-order valence-electron chi connectivity index (χ3n) is 2.84. The molecule has 0 atom stereocenters. The van der Waals surface area contributed by atoms with E-state index < -0.39 is 5.82 Å². The van der Waals surface area contributed by atoms with Crippen molar-refractivity contribution in [3.05, 3.63) is 57.3 Å². The molecule has 0 saturated carbocycles. The number of nitrogens with one attached hydrogen (secondary N) is 1. The van der Waals surface area contributed by atoms with Crippen LogP contribution >= 0.6 is 27.5 Å². The number of hydrogen-bond acceptors (Lipinski definition) is 2. The van der Waals surface area contributed by atoms with E-state index in [2.05, 4.69) is 35.1 Å². The third kappa shape index (κ3) is 4.70. The standard InChI is InChI=1S/C16H16BrClFNO/c1-10(2)20-9-11-7-12(17)3-6-16(11)21-13-4-5-14(18)15(19)8-13/h3-8,10,20H,9H2,1-2H3. The summed E-state index contributed by atoms with van der Waals surface area (Å²) in [5.74, 6) is 0.617. The summed E-state index contributed by atoms with van der Waals surface area (Å²) in [4.78, 5) is 0. The SMILES string of the molecule is CC(C)NCc1cc(Br)ccc1Oc1ccc(Cl)c(F)c1. The van der Waals surface area contributed by atoms with Crippen LogP contribution < -0.4 is 10.1 Å². The van der Waals surface area contributed by atoms with Crippen LogP contribution in [0.1, 0.15) is 19.4 Å². The van der Waals surface area contributed by atoms with E-state index in [1.54, 1.807) is 6.07 Å². The predicted molar refractivity (Wildman–Crippen MR) is 87.6 cm³/mol. The fourth-order valence-electron chi connectivity index (χ4n) is 1.77. The smallest absolute Gasteiger partial charge is 0.145 e. The molecular formula is C16H16BrClFNO. The number of rotatable bonds is 5. The lowest BCUT2D eigenvalue weighted by Crippen LogP contribution is -2.22. The van der Waals surface area contributed by atoms with Crippen molar-refractivity contribution in [2.24, 2.45) is 0 Å². The molecule has 2 nitrogen and oxygen atoms in total. The minimum Gasteiger partial charge on any atom is -0.457 e. The molecule has 0 heterocycles. The lowest BCUT2D eigenvalue weighted by atomic mass is 10.2. The summed E-state index contributed by atoms with van der Waals surface area (Å²) in [5, 5.41) is 3.42. The third-order valence-corrected chi connectivity index (χ3v) is 3.64. The molecule has 5 heteroatoms. The first-order valence-corrected chi connectivity index (χ1v) is 7.77. The van der Waals surface area contributed by atoms with E-state index in [0.717, 1.165) is 10.0 Å². The van der Waals surface area contributed by atoms with Crippen LogP contribution in [0.15, 0.2) is 40.9 Å². The predicted octanol–water partition coefficient (Wildman–Crippen LogP) is 5.53. The molecule has 2 aromatic carbocycles. The first kappa shape index (κ1) is 16.3. The van der Waals surface area contributed by atoms with Gasteiger partial charge in [-0.3, -0.25) is 0 Å². The Bertz CT molecular complexity index is 634. The summed E-state index contributed by atoms with van der Waals surface area (Å²) >= 11 is 9.12. The van der Waals surface area contributed by atoms with Gasteiger partial charge in [-0.05, 0) is 30.3 Å². The van der Waals surface area contributed by atoms with Crippen molar-refractivity contribution in [3.8, 4) is 11.5 Å². The molecule has 0 spiro atoms. The fraction of sp³-hybridized carbons (Fsp3) is 0.250. The van der Waals surface area contributed by atoms with E-state index in [1.165, 1.54) is 12.1 Å². The van der Waals surface area contributed by atoms with Gasteiger partial charge in [0.15, 0.2) is 0 Å². The summed E-state index contributed by atoms with van der Waals surface area (Å²) < 4.78 is 20.2. The molecule has 0 radical (unpaired) electrons. The van der Waals surface area contributed by atoms with Gasteiger partial charge in [0.1, 0.15) is 17.3 Å². The maximum atomic E-state index is 13.5. The van der Waals surface area contributed by atoms with E-state index in [1.807, 2.05) is 18.2 Å². The average Bonchev–Trinajstić information content (AvgIpc) is 2.43. The molecule has 0 aliphatic rings. The Hall–Kier alpha value is -1.10. The first-order chi connectivity index (χ1) is 9.95. The van der Waals surface area contributed by atoms with E-state index >= 15 is 0 Å². The second-order valence-corrected chi connectivity index (χ2v) is 6.29. The van der Waals surface area contributed by atoms with Gasteiger partial charge < -0.3 is 10.1 Å². The molecule has 0 unspecified atom stereocenters. The summed E-state index contributed by atoms with van der Waals surface area (Å²) in [5.41, 5.74) is 0.994. The van der Waals surface area contributed by atoms with Crippen molar-refractivity contribution in [2.75, 3.05) is 0 Å². The zero-order valence-electron chi connectivity index (χ0n) is 11.8. The molecule has 0 saturated heterocycles. The highest BCUT2D eigenvalue weighted by Crippen LogP contribution is 2.30. The molecule has 0 amide bonds. The summed E-state index contributed by atoms with van der Waals surface area (Å²) in [7, 11) is 0. The molecule has 2 aromatic rings. The summed E-state index contributed by atoms with van der Waals surface area (Å²) in [6.45, 7) is 4.82. The Morgan fingerprint density at radius 1 is 1.24 bits per heavy atom. The van der Waals surface area contributed by atoms with Gasteiger partial charge in [-0.15, -0.1) is 0 Å². The van der Waals surface area contributed by atoms with Crippen molar-refractivity contribution in [1.82, 2.24) is 5.32 Å². The van der Waals surface area contributed by atoms with Gasteiger partial charge in [-0.25, -0.2) is 4.39 Å². The first-order valence-electron chi connectivity index (χ1n) is 6.60. The minimum absolute atomic E-state index is 0.0832. The Morgan fingerprint density at radius 2 is 2.00 bits per heavy atom. The van der Waals surface area contributed by atoms with Crippen molar-refractivity contribution < 1.29 is 9.13 Å². The Morgan fingerprint density at radius 3 is 2.67 bits per heavy atom. The topological polar surface area (TPSA) is 21.3 Å². The zero-order chi connectivity index (χ0) is 15.4. The van der Waals surface area contributed by atoms with Gasteiger partial charge in [0.05, 0.1) is 5.02 Å². The van der Waals surface area contributed by atoms with Crippen LogP contribution in [-0.2, 0) is 6.54 Å². The molecule has 21 heavy (non-hydrogen) atoms. The van der Waals surface area contributed by atoms with Gasteiger partial charge in [-0.1, -0.05) is 41.4 Å². The maximum absolute atomic E-state index is 13.5. The van der Waals surface area contributed by atoms with Crippen LogP contribution in [-0.4, -0.2) is 6.04 Å². The molecule has 0 aliphatic carbocycles. The van der Waals surface area contributed by atoms with E-state index in [9.17, 15) is 4.39 Å². The Kier molecular flexibility index (Phi) is 5.62. The lowest BCUT2D eigenvalue weighted by molar-refractivity contribution is 0.464. The highest BCUT2D eigenvalue weighted by atomic mass is 79.9. The molecular weight excluding hydrogens is 357 g/mol. The zero-order valence-corrected chi connectivity index (χ0v) is 14.1. The minimum atomic E-state index is -0.492. The van der Waals surface area contributed by atoms with Crippen LogP contribution in [0.2, 0.25) is 5.02 Å². The Labute approximate surface area is 137 Å². The van der Waals surface area contributed by atoms with Crippen LogP contribution in [0.3, 0.4) is 0 Å². The van der Waals surface area contributed by atoms with Crippen LogP contribution in [0.4, 0.5) is 4.39 Å². The van der Waals surface area contributed by atoms with Crippen molar-refractivity contribution in [2.45, 2.75) is 26.4 Å². The Balaban J connectivity index is 2.23. The number of hydrogen-bond donors (Lipinski definition) is 1. The van der Waals surface area contributed by atoms with Crippen molar-refractivity contribution in [1.29, 1.82) is 0 Å². The number of benzene rings is 2. The van der Waals surface area contributed by atoms with E-state index in [0.29, 0.717) is 24.1 Å². The monoisotopic (exact) mass is 371 g/mol. The fourth-order valence-corrected chi connectivity index (χ4v) is 2.29. The highest BCUT2D eigenvalue weighted by molar-refractivity contribution is 9.10. The average molecular weight is 373 g/mol. The second kappa shape index (κ2) is 7.25. The van der Waals surface area contributed by atoms with Gasteiger partial charge in [-0.2, -0.15) is 0 Å². The van der Waals surface area contributed by atoms with Crippen molar-refractivity contribution in [3.63, 3.8) is 0 Å². The lowest BCUT2D eigenvalue weighted by Gasteiger charge is -2.14. The van der Waals surface area contributed by atoms with Gasteiger partial charge in [0, 0.05) is 28.7 Å². The molecule has 2 rings (SSSR count). The molecule has 0 aromatic heterocycles. The normalized spacial score (nSPS) is 11.0. The van der Waals surface area contributed by atoms with E-state index in [4.69, 9.17) is 16.3 Å². The highest BCUT2D eigenvalue weighted by Gasteiger charge is 2.08. The number of ether oxygens (including phenoxy) is 1. The second-order valence-electron chi connectivity index (χ2n) is 4.97.